The van der Waals surface area contributed by atoms with Crippen LogP contribution in [0.3, 0.4) is 0 Å². The summed E-state index contributed by atoms with van der Waals surface area (Å²) in [5, 5.41) is 6.71. The van der Waals surface area contributed by atoms with E-state index in [-0.39, 0.29) is 0 Å². The van der Waals surface area contributed by atoms with Gasteiger partial charge in [0.1, 0.15) is 11.2 Å². The van der Waals surface area contributed by atoms with Crippen molar-refractivity contribution < 1.29 is 4.42 Å². The molecule has 0 atom stereocenters. The highest BCUT2D eigenvalue weighted by molar-refractivity contribution is 6.07. The molecule has 0 spiro atoms. The van der Waals surface area contributed by atoms with Gasteiger partial charge in [0.05, 0.1) is 0 Å². The van der Waals surface area contributed by atoms with Crippen molar-refractivity contribution in [3.8, 4) is 56.4 Å². The van der Waals surface area contributed by atoms with E-state index in [9.17, 15) is 0 Å². The highest BCUT2D eigenvalue weighted by Gasteiger charge is 2.16. The molecule has 0 aliphatic rings. The molecule has 0 N–H and O–H groups in total. The Labute approximate surface area is 294 Å². The van der Waals surface area contributed by atoms with Gasteiger partial charge in [-0.25, -0.2) is 15.0 Å². The van der Waals surface area contributed by atoms with Crippen LogP contribution in [0.2, 0.25) is 0 Å². The van der Waals surface area contributed by atoms with Gasteiger partial charge in [0, 0.05) is 27.5 Å². The van der Waals surface area contributed by atoms with Crippen LogP contribution in [0.1, 0.15) is 0 Å². The van der Waals surface area contributed by atoms with E-state index in [1.807, 2.05) is 18.2 Å². The van der Waals surface area contributed by atoms with Gasteiger partial charge in [-0.15, -0.1) is 0 Å². The standard InChI is InChI=1S/C47H29N3O/c1-2-8-30(9-3-1)33-14-16-34(17-15-33)37-22-24-41-42-28-40(23-25-43(42)51-44(41)29-37)47-49-45(38-20-18-31-10-4-6-12-35(31)26-38)48-46(50-47)39-21-19-32-11-5-7-13-36(32)27-39/h1-29H. The molecule has 238 valence electrons. The number of fused-ring (bicyclic) bond motifs is 5. The lowest BCUT2D eigenvalue weighted by Crippen LogP contribution is -2.00. The molecule has 0 aliphatic carbocycles. The molecule has 0 bridgehead atoms. The van der Waals surface area contributed by atoms with Gasteiger partial charge in [-0.3, -0.25) is 0 Å². The van der Waals surface area contributed by atoms with Crippen LogP contribution in [0.4, 0.5) is 0 Å². The fourth-order valence-electron chi connectivity index (χ4n) is 7.00. The Kier molecular flexibility index (Phi) is 6.78. The molecular formula is C47H29N3O. The average molecular weight is 652 g/mol. The molecule has 51 heavy (non-hydrogen) atoms. The molecule has 10 aromatic rings. The largest absolute Gasteiger partial charge is 0.456 e. The normalized spacial score (nSPS) is 11.5. The Morgan fingerprint density at radius 1 is 0.275 bits per heavy atom. The predicted octanol–water partition coefficient (Wildman–Crippen LogP) is 12.4. The van der Waals surface area contributed by atoms with Crippen molar-refractivity contribution in [2.24, 2.45) is 0 Å². The number of rotatable bonds is 5. The van der Waals surface area contributed by atoms with E-state index in [0.29, 0.717) is 17.5 Å². The zero-order valence-electron chi connectivity index (χ0n) is 27.5. The second-order valence-corrected chi connectivity index (χ2v) is 12.9. The Bertz CT molecular complexity index is 2810. The van der Waals surface area contributed by atoms with E-state index in [0.717, 1.165) is 60.5 Å². The molecule has 0 unspecified atom stereocenters. The molecule has 4 heteroatoms. The Balaban J connectivity index is 1.07. The minimum atomic E-state index is 0.614. The predicted molar refractivity (Wildman–Crippen MR) is 209 cm³/mol. The Morgan fingerprint density at radius 3 is 1.33 bits per heavy atom. The summed E-state index contributed by atoms with van der Waals surface area (Å²) in [6.07, 6.45) is 0. The lowest BCUT2D eigenvalue weighted by molar-refractivity contribution is 0.669. The second-order valence-electron chi connectivity index (χ2n) is 12.9. The number of hydrogen-bond acceptors (Lipinski definition) is 4. The summed E-state index contributed by atoms with van der Waals surface area (Å²) in [5.41, 5.74) is 9.11. The van der Waals surface area contributed by atoms with E-state index in [1.54, 1.807) is 0 Å². The summed E-state index contributed by atoms with van der Waals surface area (Å²) in [6.45, 7) is 0. The van der Waals surface area contributed by atoms with Crippen LogP contribution >= 0.6 is 0 Å². The summed E-state index contributed by atoms with van der Waals surface area (Å²) in [7, 11) is 0. The summed E-state index contributed by atoms with van der Waals surface area (Å²) < 4.78 is 6.41. The molecule has 8 aromatic carbocycles. The highest BCUT2D eigenvalue weighted by atomic mass is 16.3. The first-order valence-electron chi connectivity index (χ1n) is 17.1. The first-order valence-corrected chi connectivity index (χ1v) is 17.1. The quantitative estimate of drug-likeness (QED) is 0.186. The number of aromatic nitrogens is 3. The van der Waals surface area contributed by atoms with Crippen molar-refractivity contribution in [3.05, 3.63) is 176 Å². The smallest absolute Gasteiger partial charge is 0.164 e. The number of nitrogens with zero attached hydrogens (tertiary/aromatic N) is 3. The van der Waals surface area contributed by atoms with Gasteiger partial charge in [-0.05, 0) is 86.3 Å². The second kappa shape index (κ2) is 11.9. The van der Waals surface area contributed by atoms with Gasteiger partial charge in [-0.2, -0.15) is 0 Å². The molecule has 2 aromatic heterocycles. The van der Waals surface area contributed by atoms with E-state index in [4.69, 9.17) is 19.4 Å². The maximum absolute atomic E-state index is 6.41. The van der Waals surface area contributed by atoms with E-state index in [2.05, 4.69) is 158 Å². The van der Waals surface area contributed by atoms with Crippen molar-refractivity contribution in [3.63, 3.8) is 0 Å². The lowest BCUT2D eigenvalue weighted by atomic mass is 9.99. The van der Waals surface area contributed by atoms with Crippen LogP contribution in [-0.2, 0) is 0 Å². The highest BCUT2D eigenvalue weighted by Crippen LogP contribution is 2.36. The first kappa shape index (κ1) is 29.0. The van der Waals surface area contributed by atoms with Crippen LogP contribution in [0.15, 0.2) is 180 Å². The van der Waals surface area contributed by atoms with Gasteiger partial charge in [-0.1, -0.05) is 133 Å². The monoisotopic (exact) mass is 651 g/mol. The first-order chi connectivity index (χ1) is 25.2. The van der Waals surface area contributed by atoms with Gasteiger partial charge in [0.25, 0.3) is 0 Å². The van der Waals surface area contributed by atoms with Crippen molar-refractivity contribution >= 4 is 43.5 Å². The SMILES string of the molecule is c1ccc(-c2ccc(-c3ccc4c(c3)oc3ccc(-c5nc(-c6ccc7ccccc7c6)nc(-c6ccc7ccccc7c6)n5)cc34)cc2)cc1. The van der Waals surface area contributed by atoms with Crippen LogP contribution in [0.25, 0.3) is 99.9 Å². The fourth-order valence-corrected chi connectivity index (χ4v) is 7.00. The number of benzene rings is 8. The zero-order valence-corrected chi connectivity index (χ0v) is 27.5. The minimum Gasteiger partial charge on any atom is -0.456 e. The van der Waals surface area contributed by atoms with Gasteiger partial charge >= 0.3 is 0 Å². The Hall–Kier alpha value is -6.91. The van der Waals surface area contributed by atoms with Crippen molar-refractivity contribution in [2.75, 3.05) is 0 Å². The Morgan fingerprint density at radius 2 is 0.725 bits per heavy atom. The lowest BCUT2D eigenvalue weighted by Gasteiger charge is -2.10. The zero-order chi connectivity index (χ0) is 33.7. The molecule has 10 rings (SSSR count). The van der Waals surface area contributed by atoms with E-state index >= 15 is 0 Å². The fraction of sp³-hybridized carbons (Fsp3) is 0. The summed E-state index contributed by atoms with van der Waals surface area (Å²) in [5.74, 6) is 1.88. The molecule has 0 amide bonds. The summed E-state index contributed by atoms with van der Waals surface area (Å²) in [4.78, 5) is 15.2. The topological polar surface area (TPSA) is 51.8 Å². The molecule has 0 fully saturated rings. The molecule has 0 aliphatic heterocycles. The third-order valence-corrected chi connectivity index (χ3v) is 9.71. The molecule has 0 saturated carbocycles. The van der Waals surface area contributed by atoms with Crippen molar-refractivity contribution in [2.45, 2.75) is 0 Å². The average Bonchev–Trinajstić information content (AvgIpc) is 3.58. The van der Waals surface area contributed by atoms with E-state index in [1.165, 1.54) is 21.9 Å². The van der Waals surface area contributed by atoms with Crippen LogP contribution < -0.4 is 0 Å². The summed E-state index contributed by atoms with van der Waals surface area (Å²) >= 11 is 0. The van der Waals surface area contributed by atoms with Gasteiger partial charge in [0.15, 0.2) is 17.5 Å². The third-order valence-electron chi connectivity index (χ3n) is 9.71. The maximum atomic E-state index is 6.41. The minimum absolute atomic E-state index is 0.614. The van der Waals surface area contributed by atoms with E-state index < -0.39 is 0 Å². The van der Waals surface area contributed by atoms with Crippen LogP contribution in [0.5, 0.6) is 0 Å². The molecule has 0 saturated heterocycles. The van der Waals surface area contributed by atoms with Crippen LogP contribution in [-0.4, -0.2) is 15.0 Å². The molecule has 2 heterocycles. The number of furan rings is 1. The molecule has 4 nitrogen and oxygen atoms in total. The van der Waals surface area contributed by atoms with Crippen molar-refractivity contribution in [1.82, 2.24) is 15.0 Å². The maximum Gasteiger partial charge on any atom is 0.164 e. The van der Waals surface area contributed by atoms with Crippen LogP contribution in [0, 0.1) is 0 Å². The molecular weight excluding hydrogens is 623 g/mol. The van der Waals surface area contributed by atoms with Gasteiger partial charge < -0.3 is 4.42 Å². The third kappa shape index (κ3) is 5.31. The number of hydrogen-bond donors (Lipinski definition) is 0. The molecule has 0 radical (unpaired) electrons. The van der Waals surface area contributed by atoms with Crippen molar-refractivity contribution in [1.29, 1.82) is 0 Å². The summed E-state index contributed by atoms with van der Waals surface area (Å²) in [6, 6.07) is 61.2. The van der Waals surface area contributed by atoms with Gasteiger partial charge in [0.2, 0.25) is 0 Å².